The predicted molar refractivity (Wildman–Crippen MR) is 526 cm³/mol. The topological polar surface area (TPSA) is 439 Å². The largest absolute Gasteiger partial charge is 0.489 e. The van der Waals surface area contributed by atoms with E-state index in [1.807, 2.05) is 39.0 Å². The Kier molecular flexibility index (Phi) is 43.1. The van der Waals surface area contributed by atoms with Crippen molar-refractivity contribution >= 4 is 193 Å². The number of ether oxygens (including phenoxy) is 2. The smallest absolute Gasteiger partial charge is 0.478 e. The zero-order chi connectivity index (χ0) is 96.7. The van der Waals surface area contributed by atoms with Crippen LogP contribution in [0.5, 0.6) is 0 Å². The molecule has 5 aromatic carbocycles. The van der Waals surface area contributed by atoms with Crippen LogP contribution >= 0.6 is 138 Å². The first kappa shape index (κ1) is 108. The molecule has 2 amide bonds. The van der Waals surface area contributed by atoms with Gasteiger partial charge >= 0.3 is 32.1 Å². The zero-order valence-corrected chi connectivity index (χ0v) is 84.0. The number of carbonyl (C=O) groups excluding carboxylic acids is 4. The molecule has 0 spiro atoms. The van der Waals surface area contributed by atoms with Crippen molar-refractivity contribution in [3.8, 4) is 56.3 Å². The summed E-state index contributed by atoms with van der Waals surface area (Å²) in [6.45, 7) is 16.7. The number of aliphatic hydroxyl groups is 3. The molecule has 12 aromatic rings. The highest BCUT2D eigenvalue weighted by atomic mass is 79.9. The Hall–Kier alpha value is -9.19. The number of carbonyl (C=O) groups is 5. The molecule has 3 aliphatic rings. The van der Waals surface area contributed by atoms with Crippen LogP contribution in [0.25, 0.3) is 56.3 Å². The van der Waals surface area contributed by atoms with Gasteiger partial charge in [-0.15, -0.1) is 0 Å². The van der Waals surface area contributed by atoms with Gasteiger partial charge in [-0.1, -0.05) is 130 Å². The van der Waals surface area contributed by atoms with Gasteiger partial charge in [0.05, 0.1) is 160 Å². The molecule has 42 heteroatoms. The van der Waals surface area contributed by atoms with Crippen LogP contribution < -0.4 is 16.2 Å². The number of amides is 2. The van der Waals surface area contributed by atoms with Gasteiger partial charge in [0, 0.05) is 110 Å². The lowest BCUT2D eigenvalue weighted by Gasteiger charge is -2.29. The molecular formula is C90H91B2Br5Cl5N15O15. The van der Waals surface area contributed by atoms with Crippen molar-refractivity contribution in [2.45, 2.75) is 109 Å². The molecule has 0 aliphatic carbocycles. The molecule has 15 rings (SSSR count). The quantitative estimate of drug-likeness (QED) is 0.0405. The molecule has 3 aliphatic heterocycles. The normalized spacial score (nSPS) is 13.2. The Labute approximate surface area is 830 Å². The Morgan fingerprint density at radius 1 is 0.394 bits per heavy atom. The maximum Gasteiger partial charge on any atom is 0.489 e. The first-order chi connectivity index (χ1) is 62.6. The SMILES string of the molecule is Brc1cncc(Br)n1.CC(C)(C)c1cc(-c2cncc(-c3ccc(C(=O)N4CCC(O)CC4)cc3Cl)n2)ccn1.CC(C)(C)c1cc(B(O)O)ccn1.COC(=O)c1ccc(-c2cncc(Br)n2)c(Cl)c1.COC(=O)c1ccc(B(O)O)c(Cl)c1.O=C(O)c1ccc(-c2cncc(Br)n2)c(Cl)c1.O=C(c1ccc(-c2cncc(Br)n2)c(Cl)c1)N1CCC(O)CC1.OC1CCNCC1. The van der Waals surface area contributed by atoms with E-state index in [2.05, 4.69) is 170 Å². The molecule has 0 radical (unpaired) electrons. The number of esters is 2. The van der Waals surface area contributed by atoms with E-state index < -0.39 is 32.1 Å². The number of halogens is 10. The van der Waals surface area contributed by atoms with Gasteiger partial charge in [0.25, 0.3) is 11.8 Å². The summed E-state index contributed by atoms with van der Waals surface area (Å²) in [6, 6.07) is 31.2. The first-order valence-corrected chi connectivity index (χ1v) is 46.2. The molecule has 3 fully saturated rings. The van der Waals surface area contributed by atoms with Crippen molar-refractivity contribution in [2.24, 2.45) is 0 Å². The van der Waals surface area contributed by atoms with Crippen LogP contribution in [0.2, 0.25) is 25.1 Å². The minimum Gasteiger partial charge on any atom is -0.478 e. The highest BCUT2D eigenvalue weighted by Gasteiger charge is 2.27. The van der Waals surface area contributed by atoms with Crippen LogP contribution in [0.15, 0.2) is 213 Å². The molecule has 3 saturated heterocycles. The molecule has 0 bridgehead atoms. The summed E-state index contributed by atoms with van der Waals surface area (Å²) in [6.07, 6.45) is 23.2. The van der Waals surface area contributed by atoms with Gasteiger partial charge in [-0.05, 0) is 222 Å². The zero-order valence-electron chi connectivity index (χ0n) is 72.2. The molecule has 132 heavy (non-hydrogen) atoms. The van der Waals surface area contributed by atoms with Gasteiger partial charge in [0.1, 0.15) is 23.0 Å². The van der Waals surface area contributed by atoms with Crippen LogP contribution in [0, 0.1) is 0 Å². The van der Waals surface area contributed by atoms with E-state index in [9.17, 15) is 34.2 Å². The summed E-state index contributed by atoms with van der Waals surface area (Å²) in [7, 11) is -0.479. The number of likely N-dealkylation sites (tertiary alicyclic amines) is 2. The predicted octanol–water partition coefficient (Wildman–Crippen LogP) is 16.1. The van der Waals surface area contributed by atoms with E-state index in [0.717, 1.165) is 68.9 Å². The Balaban J connectivity index is 0.000000193. The molecule has 9 N–H and O–H groups in total. The monoisotopic (exact) mass is 2210 g/mol. The third-order valence-corrected chi connectivity index (χ3v) is 22.8. The number of nitrogens with one attached hydrogen (secondary N) is 1. The Bertz CT molecular complexity index is 5910. The number of methoxy groups -OCH3 is 2. The fourth-order valence-electron chi connectivity index (χ4n) is 12.2. The summed E-state index contributed by atoms with van der Waals surface area (Å²) in [5.41, 5.74) is 11.2. The number of aliphatic hydroxyl groups excluding tert-OH is 3. The highest BCUT2D eigenvalue weighted by Crippen LogP contribution is 2.35. The number of rotatable bonds is 12. The average molecular weight is 2220 g/mol. The summed E-state index contributed by atoms with van der Waals surface area (Å²) >= 11 is 46.8. The molecule has 30 nitrogen and oxygen atoms in total. The number of pyridine rings is 2. The summed E-state index contributed by atoms with van der Waals surface area (Å²) < 4.78 is 12.4. The van der Waals surface area contributed by atoms with Gasteiger partial charge in [-0.2, -0.15) is 0 Å². The van der Waals surface area contributed by atoms with Crippen molar-refractivity contribution in [2.75, 3.05) is 53.5 Å². The second-order valence-electron chi connectivity index (χ2n) is 31.1. The number of benzene rings is 5. The van der Waals surface area contributed by atoms with Crippen molar-refractivity contribution in [1.82, 2.24) is 74.9 Å². The minimum absolute atomic E-state index is 0.0266. The Morgan fingerprint density at radius 3 is 1.06 bits per heavy atom. The molecule has 0 unspecified atom stereocenters. The lowest BCUT2D eigenvalue weighted by atomic mass is 9.78. The summed E-state index contributed by atoms with van der Waals surface area (Å²) in [5.74, 6) is -2.10. The van der Waals surface area contributed by atoms with E-state index in [4.69, 9.17) is 93.3 Å². The van der Waals surface area contributed by atoms with E-state index in [1.165, 1.54) is 44.6 Å². The highest BCUT2D eigenvalue weighted by molar-refractivity contribution is 9.11. The van der Waals surface area contributed by atoms with Gasteiger partial charge in [0.2, 0.25) is 0 Å². The molecule has 0 saturated carbocycles. The third-order valence-electron chi connectivity index (χ3n) is 19.4. The van der Waals surface area contributed by atoms with Crippen molar-refractivity contribution in [3.63, 3.8) is 0 Å². The number of hydrogen-bond acceptors (Lipinski definition) is 27. The maximum atomic E-state index is 12.8. The standard InChI is InChI=1S/C25H27ClN4O2.C16H15BrClN3O2.C12H8BrClN2O2.C11H6BrClN2O2.C9H14BNO2.C8H8BClO4.C5H11NO.C4H2Br2N2/c1-25(2,3)23-13-16(6-9-28-23)21-14-27-15-22(29-21)19-5-4-17(12-20(19)26)24(32)30-10-7-18(31)8-11-30;17-15-9-19-8-14(20-15)12-2-1-10(7-13(12)18)16(23)21-5-3-11(22)4-6-21;1-18-12(17)7-2-3-8(9(14)4-7)10-5-15-6-11(13)16-10;12-10-5-14-4-9(15-10)7-2-1-6(11(16)17)3-8(7)13;1-9(2,3)8-6-7(10(12)13)4-5-11-8;1-14-8(11)5-2-3-6(9(12)13)7(10)4-5;7-5-1-3-6-4-2-5;5-3-1-7-2-4(6)8-3/h4-6,9,12-15,18,31H,7-8,10-11H2,1-3H3;1-2,7-9,11,22H,3-6H2;2-6H,1H3;1-5H,(H,16,17);4-6,12-13H,1-3H3;2-4,12-13H,1H3;5-7H,1-4H2;1-2H. The summed E-state index contributed by atoms with van der Waals surface area (Å²) in [5, 5.41) is 77.4. The molecule has 692 valence electrons. The van der Waals surface area contributed by atoms with Crippen molar-refractivity contribution in [3.05, 3.63) is 277 Å². The fourth-order valence-corrected chi connectivity index (χ4v) is 15.4. The van der Waals surface area contributed by atoms with Crippen LogP contribution in [0.1, 0.15) is 143 Å². The van der Waals surface area contributed by atoms with E-state index in [0.29, 0.717) is 142 Å². The summed E-state index contributed by atoms with van der Waals surface area (Å²) in [4.78, 5) is 112. The van der Waals surface area contributed by atoms with E-state index in [-0.39, 0.29) is 62.6 Å². The number of aromatic nitrogens is 12. The first-order valence-electron chi connectivity index (χ1n) is 40.4. The van der Waals surface area contributed by atoms with Gasteiger partial charge < -0.3 is 65.1 Å². The third kappa shape index (κ3) is 34.0. The molecule has 7 aromatic heterocycles. The maximum absolute atomic E-state index is 12.8. The van der Waals surface area contributed by atoms with Gasteiger partial charge in [-0.25, -0.2) is 39.3 Å². The van der Waals surface area contributed by atoms with E-state index >= 15 is 0 Å². The van der Waals surface area contributed by atoms with Gasteiger partial charge in [0.15, 0.2) is 0 Å². The molecule has 0 atom stereocenters. The number of aromatic carboxylic acids is 1. The van der Waals surface area contributed by atoms with Crippen LogP contribution in [-0.4, -0.2) is 226 Å². The molecular weight excluding hydrogens is 2130 g/mol. The van der Waals surface area contributed by atoms with E-state index in [1.54, 1.807) is 151 Å². The van der Waals surface area contributed by atoms with Crippen molar-refractivity contribution in [1.29, 1.82) is 0 Å². The van der Waals surface area contributed by atoms with Crippen LogP contribution in [0.3, 0.4) is 0 Å². The Morgan fingerprint density at radius 2 is 0.720 bits per heavy atom. The second kappa shape index (κ2) is 52.6. The minimum atomic E-state index is -1.64. The van der Waals surface area contributed by atoms with Crippen LogP contribution in [0.4, 0.5) is 0 Å². The number of nitrogens with zero attached hydrogens (tertiary/aromatic N) is 14. The number of hydrogen-bond donors (Lipinski definition) is 9. The second-order valence-corrected chi connectivity index (χ2v) is 37.2. The number of carboxylic acid groups (broad SMARTS) is 1. The fraction of sp³-hybridized carbons (Fsp3) is 0.278. The van der Waals surface area contributed by atoms with Crippen LogP contribution in [-0.2, 0) is 20.3 Å². The van der Waals surface area contributed by atoms with Crippen molar-refractivity contribution < 1.29 is 74.0 Å². The lowest BCUT2D eigenvalue weighted by Crippen LogP contribution is -2.40. The number of piperidine rings is 3. The molecule has 10 heterocycles. The average Bonchev–Trinajstić information content (AvgIpc) is 0.789. The number of carboxylic acids is 1. The lowest BCUT2D eigenvalue weighted by molar-refractivity contribution is 0.0537. The van der Waals surface area contributed by atoms with Gasteiger partial charge in [-0.3, -0.25) is 44.5 Å².